The van der Waals surface area contributed by atoms with E-state index in [1.165, 1.54) is 25.2 Å². The first-order valence-electron chi connectivity index (χ1n) is 7.52. The number of nitro benzene ring substituents is 1. The molecule has 124 valence electrons. The maximum absolute atomic E-state index is 13.0. The van der Waals surface area contributed by atoms with Gasteiger partial charge in [0.25, 0.3) is 11.6 Å². The number of nitrogens with one attached hydrogen (secondary N) is 2. The van der Waals surface area contributed by atoms with Crippen LogP contribution < -0.4 is 10.6 Å². The molecule has 0 aliphatic heterocycles. The molecule has 0 radical (unpaired) electrons. The fourth-order valence-corrected chi connectivity index (χ4v) is 2.72. The average Bonchev–Trinajstić information content (AvgIpc) is 3.34. The summed E-state index contributed by atoms with van der Waals surface area (Å²) in [5.74, 6) is -0.464. The van der Waals surface area contributed by atoms with Gasteiger partial charge in [0.05, 0.1) is 4.92 Å². The Labute approximate surface area is 137 Å². The number of carbonyl (C=O) groups excluding carboxylic acids is 1. The molecule has 1 saturated carbocycles. The number of benzene rings is 2. The highest BCUT2D eigenvalue weighted by Crippen LogP contribution is 2.44. The van der Waals surface area contributed by atoms with Crippen LogP contribution in [0.5, 0.6) is 0 Å². The highest BCUT2D eigenvalue weighted by Gasteiger charge is 2.39. The van der Waals surface area contributed by atoms with E-state index in [0.29, 0.717) is 5.69 Å². The zero-order valence-corrected chi connectivity index (χ0v) is 13.0. The second-order valence-corrected chi connectivity index (χ2v) is 5.71. The van der Waals surface area contributed by atoms with Crippen molar-refractivity contribution in [3.05, 3.63) is 69.5 Å². The van der Waals surface area contributed by atoms with E-state index >= 15 is 0 Å². The van der Waals surface area contributed by atoms with Gasteiger partial charge in [0.15, 0.2) is 0 Å². The number of rotatable bonds is 5. The molecule has 3 rings (SSSR count). The number of hydrogen-bond donors (Lipinski definition) is 2. The molecule has 24 heavy (non-hydrogen) atoms. The van der Waals surface area contributed by atoms with Crippen molar-refractivity contribution < 1.29 is 14.1 Å². The van der Waals surface area contributed by atoms with Crippen LogP contribution in [-0.2, 0) is 0 Å². The van der Waals surface area contributed by atoms with E-state index < -0.39 is 4.92 Å². The standard InChI is InChI=1S/C17H16FN3O3/c1-19-17(22)11-4-7-14(16(8-11)21(23)24)20-15-9-13(15)10-2-5-12(18)6-3-10/h2-8,13,15,20H,9H2,1H3,(H,19,22)/t13-,15+/m0/s1. The molecule has 0 bridgehead atoms. The Morgan fingerprint density at radius 3 is 2.58 bits per heavy atom. The van der Waals surface area contributed by atoms with Crippen LogP contribution in [0.15, 0.2) is 42.5 Å². The summed E-state index contributed by atoms with van der Waals surface area (Å²) in [5.41, 5.74) is 1.47. The summed E-state index contributed by atoms with van der Waals surface area (Å²) < 4.78 is 13.0. The zero-order chi connectivity index (χ0) is 17.3. The van der Waals surface area contributed by atoms with Gasteiger partial charge in [-0.1, -0.05) is 12.1 Å². The third-order valence-corrected chi connectivity index (χ3v) is 4.11. The van der Waals surface area contributed by atoms with Gasteiger partial charge in [-0.2, -0.15) is 0 Å². The Morgan fingerprint density at radius 1 is 1.25 bits per heavy atom. The van der Waals surface area contributed by atoms with Crippen LogP contribution in [0, 0.1) is 15.9 Å². The van der Waals surface area contributed by atoms with Crippen molar-refractivity contribution in [3.63, 3.8) is 0 Å². The molecule has 1 fully saturated rings. The molecule has 1 amide bonds. The van der Waals surface area contributed by atoms with E-state index in [1.54, 1.807) is 24.3 Å². The van der Waals surface area contributed by atoms with E-state index in [1.807, 2.05) is 0 Å². The largest absolute Gasteiger partial charge is 0.376 e. The van der Waals surface area contributed by atoms with Gasteiger partial charge in [0, 0.05) is 30.6 Å². The van der Waals surface area contributed by atoms with E-state index in [9.17, 15) is 19.3 Å². The smallest absolute Gasteiger partial charge is 0.293 e. The second kappa shape index (κ2) is 6.27. The van der Waals surface area contributed by atoms with Gasteiger partial charge in [-0.3, -0.25) is 14.9 Å². The summed E-state index contributed by atoms with van der Waals surface area (Å²) in [7, 11) is 1.47. The minimum Gasteiger partial charge on any atom is -0.376 e. The van der Waals surface area contributed by atoms with Crippen LogP contribution in [-0.4, -0.2) is 23.9 Å². The van der Waals surface area contributed by atoms with Crippen molar-refractivity contribution in [2.75, 3.05) is 12.4 Å². The number of nitrogens with zero attached hydrogens (tertiary/aromatic N) is 1. The lowest BCUT2D eigenvalue weighted by atomic mass is 10.1. The maximum Gasteiger partial charge on any atom is 0.293 e. The van der Waals surface area contributed by atoms with Crippen LogP contribution in [0.25, 0.3) is 0 Å². The monoisotopic (exact) mass is 329 g/mol. The van der Waals surface area contributed by atoms with Gasteiger partial charge in [-0.05, 0) is 36.2 Å². The third-order valence-electron chi connectivity index (χ3n) is 4.11. The van der Waals surface area contributed by atoms with Crippen molar-refractivity contribution in [2.24, 2.45) is 0 Å². The lowest BCUT2D eigenvalue weighted by molar-refractivity contribution is -0.384. The molecule has 0 aromatic heterocycles. The van der Waals surface area contributed by atoms with Crippen molar-refractivity contribution in [2.45, 2.75) is 18.4 Å². The van der Waals surface area contributed by atoms with Gasteiger partial charge >= 0.3 is 0 Å². The Morgan fingerprint density at radius 2 is 1.96 bits per heavy atom. The third kappa shape index (κ3) is 3.19. The topological polar surface area (TPSA) is 84.3 Å². The summed E-state index contributed by atoms with van der Waals surface area (Å²) in [6.07, 6.45) is 0.819. The van der Waals surface area contributed by atoms with Crippen molar-refractivity contribution in [1.82, 2.24) is 5.32 Å². The number of halogens is 1. The normalized spacial score (nSPS) is 18.8. The van der Waals surface area contributed by atoms with Gasteiger partial charge in [0.2, 0.25) is 0 Å². The predicted octanol–water partition coefficient (Wildman–Crippen LogP) is 3.06. The number of hydrogen-bond acceptors (Lipinski definition) is 4. The van der Waals surface area contributed by atoms with Crippen molar-refractivity contribution in [3.8, 4) is 0 Å². The van der Waals surface area contributed by atoms with Gasteiger partial charge in [-0.25, -0.2) is 4.39 Å². The average molecular weight is 329 g/mol. The molecule has 2 N–H and O–H groups in total. The Balaban J connectivity index is 1.77. The van der Waals surface area contributed by atoms with Crippen LogP contribution >= 0.6 is 0 Å². The van der Waals surface area contributed by atoms with E-state index in [-0.39, 0.29) is 34.9 Å². The number of carbonyl (C=O) groups is 1. The van der Waals surface area contributed by atoms with Crippen LogP contribution in [0.4, 0.5) is 15.8 Å². The minimum atomic E-state index is -0.510. The molecule has 2 atom stereocenters. The Hall–Kier alpha value is -2.96. The zero-order valence-electron chi connectivity index (χ0n) is 13.0. The van der Waals surface area contributed by atoms with Gasteiger partial charge in [0.1, 0.15) is 11.5 Å². The molecule has 0 heterocycles. The summed E-state index contributed by atoms with van der Waals surface area (Å²) in [6.45, 7) is 0. The number of anilines is 1. The fraction of sp³-hybridized carbons (Fsp3) is 0.235. The predicted molar refractivity (Wildman–Crippen MR) is 87.7 cm³/mol. The highest BCUT2D eigenvalue weighted by molar-refractivity contribution is 5.95. The highest BCUT2D eigenvalue weighted by atomic mass is 19.1. The minimum absolute atomic E-state index is 0.0556. The van der Waals surface area contributed by atoms with Gasteiger partial charge in [-0.15, -0.1) is 0 Å². The Kier molecular flexibility index (Phi) is 4.16. The quantitative estimate of drug-likeness (QED) is 0.652. The summed E-state index contributed by atoms with van der Waals surface area (Å²) in [5, 5.41) is 16.9. The fourth-order valence-electron chi connectivity index (χ4n) is 2.72. The van der Waals surface area contributed by atoms with Gasteiger partial charge < -0.3 is 10.6 Å². The van der Waals surface area contributed by atoms with Crippen LogP contribution in [0.1, 0.15) is 28.3 Å². The summed E-state index contributed by atoms with van der Waals surface area (Å²) >= 11 is 0. The molecule has 0 unspecified atom stereocenters. The summed E-state index contributed by atoms with van der Waals surface area (Å²) in [4.78, 5) is 22.4. The van der Waals surface area contributed by atoms with Crippen LogP contribution in [0.2, 0.25) is 0 Å². The molecule has 1 aliphatic rings. The number of amides is 1. The Bertz CT molecular complexity index is 792. The molecular weight excluding hydrogens is 313 g/mol. The van der Waals surface area contributed by atoms with Crippen LogP contribution in [0.3, 0.4) is 0 Å². The van der Waals surface area contributed by atoms with E-state index in [4.69, 9.17) is 0 Å². The molecule has 1 aliphatic carbocycles. The SMILES string of the molecule is CNC(=O)c1ccc(N[C@@H]2C[C@H]2c2ccc(F)cc2)c([N+](=O)[O-])c1. The van der Waals surface area contributed by atoms with E-state index in [2.05, 4.69) is 10.6 Å². The molecule has 0 spiro atoms. The molecular formula is C17H16FN3O3. The molecule has 2 aromatic rings. The molecule has 6 nitrogen and oxygen atoms in total. The first-order valence-corrected chi connectivity index (χ1v) is 7.52. The first-order chi connectivity index (χ1) is 11.5. The summed E-state index contributed by atoms with van der Waals surface area (Å²) in [6, 6.07) is 10.7. The lowest BCUT2D eigenvalue weighted by Crippen LogP contribution is -2.18. The maximum atomic E-state index is 13.0. The molecule has 7 heteroatoms. The second-order valence-electron chi connectivity index (χ2n) is 5.71. The number of nitro groups is 1. The van der Waals surface area contributed by atoms with Crippen molar-refractivity contribution >= 4 is 17.3 Å². The lowest BCUT2D eigenvalue weighted by Gasteiger charge is -2.08. The van der Waals surface area contributed by atoms with E-state index in [0.717, 1.165) is 12.0 Å². The first kappa shape index (κ1) is 15.9. The molecule has 2 aromatic carbocycles. The molecule has 0 saturated heterocycles. The van der Waals surface area contributed by atoms with Crippen molar-refractivity contribution in [1.29, 1.82) is 0 Å².